The van der Waals surface area contributed by atoms with Crippen LogP contribution in [0.4, 0.5) is 0 Å². The van der Waals surface area contributed by atoms with Gasteiger partial charge in [0.15, 0.2) is 0 Å². The molecule has 0 aromatic carbocycles. The third-order valence-corrected chi connectivity index (χ3v) is 3.11. The number of hydrogen-bond acceptors (Lipinski definition) is 0. The maximum absolute atomic E-state index is 3.15. The van der Waals surface area contributed by atoms with Gasteiger partial charge in [-0.3, -0.25) is 12.1 Å². The molecule has 0 radical (unpaired) electrons. The molecule has 0 unspecified atom stereocenters. The molecule has 0 aromatic heterocycles. The summed E-state index contributed by atoms with van der Waals surface area (Å²) in [4.78, 5) is 0. The van der Waals surface area contributed by atoms with Crippen molar-refractivity contribution in [1.29, 1.82) is 0 Å². The Balaban J connectivity index is 0. The fourth-order valence-corrected chi connectivity index (χ4v) is 1.55. The largest absolute Gasteiger partial charge is 2.00 e. The quantitative estimate of drug-likeness (QED) is 0.416. The first-order chi connectivity index (χ1) is 5.21. The van der Waals surface area contributed by atoms with Gasteiger partial charge in [0, 0.05) is 0 Å². The van der Waals surface area contributed by atoms with Gasteiger partial charge >= 0.3 is 26.2 Å². The van der Waals surface area contributed by atoms with Gasteiger partial charge in [-0.1, -0.05) is 39.3 Å². The fourth-order valence-electron chi connectivity index (χ4n) is 0.516. The van der Waals surface area contributed by atoms with E-state index >= 15 is 0 Å². The molecule has 0 spiro atoms. The van der Waals surface area contributed by atoms with E-state index in [0.29, 0.717) is 0 Å². The van der Waals surface area contributed by atoms with E-state index in [1.54, 1.807) is 0 Å². The van der Waals surface area contributed by atoms with E-state index in [4.69, 9.17) is 0 Å². The molecule has 0 fully saturated rings. The van der Waals surface area contributed by atoms with E-state index < -0.39 is 16.1 Å². The summed E-state index contributed by atoms with van der Waals surface area (Å²) in [5.74, 6) is 6.30. The van der Waals surface area contributed by atoms with E-state index in [1.165, 1.54) is 0 Å². The van der Waals surface area contributed by atoms with Gasteiger partial charge < -0.3 is 11.8 Å². The summed E-state index contributed by atoms with van der Waals surface area (Å²) in [6.45, 7) is 13.8. The monoisotopic (exact) mass is 286 g/mol. The molecule has 0 aliphatic carbocycles. The molecule has 0 saturated heterocycles. The van der Waals surface area contributed by atoms with Crippen LogP contribution in [0, 0.1) is 23.9 Å². The van der Waals surface area contributed by atoms with Crippen molar-refractivity contribution in [2.24, 2.45) is 0 Å². The second kappa shape index (κ2) is 6.17. The molecule has 0 aliphatic heterocycles. The Morgan fingerprint density at radius 1 is 0.692 bits per heavy atom. The predicted octanol–water partition coefficient (Wildman–Crippen LogP) is 3.15. The summed E-state index contributed by atoms with van der Waals surface area (Å²) >= 11 is 0. The van der Waals surface area contributed by atoms with Gasteiger partial charge in [0.2, 0.25) is 0 Å². The predicted molar refractivity (Wildman–Crippen MR) is 63.1 cm³/mol. The van der Waals surface area contributed by atoms with Crippen LogP contribution >= 0.6 is 0 Å². The molecular formula is C10H20Si2Zr. The van der Waals surface area contributed by atoms with Gasteiger partial charge in [-0.15, -0.1) is 0 Å². The van der Waals surface area contributed by atoms with Gasteiger partial charge in [0.05, 0.1) is 0 Å². The van der Waals surface area contributed by atoms with E-state index in [-0.39, 0.29) is 26.2 Å². The van der Waals surface area contributed by atoms with E-state index in [1.807, 2.05) is 0 Å². The standard InChI is InChI=1S/C10H20Si2.Zr/c1-11(2,3)9-7-8-10-12(4,5)6;/h9-10H,1-6H3;/q-2;+2. The average Bonchev–Trinajstić information content (AvgIpc) is 1.76. The zero-order valence-electron chi connectivity index (χ0n) is 9.65. The maximum atomic E-state index is 3.15. The minimum atomic E-state index is -1.06. The van der Waals surface area contributed by atoms with Crippen LogP contribution in [0.5, 0.6) is 0 Å². The van der Waals surface area contributed by atoms with Crippen molar-refractivity contribution in [3.05, 3.63) is 12.1 Å². The summed E-state index contributed by atoms with van der Waals surface area (Å²) in [7, 11) is -2.11. The molecule has 0 saturated carbocycles. The van der Waals surface area contributed by atoms with Crippen molar-refractivity contribution in [3.63, 3.8) is 0 Å². The Kier molecular flexibility index (Phi) is 7.62. The van der Waals surface area contributed by atoms with Crippen molar-refractivity contribution >= 4 is 16.1 Å². The van der Waals surface area contributed by atoms with Crippen LogP contribution in [0.2, 0.25) is 39.3 Å². The Labute approximate surface area is 105 Å². The minimum Gasteiger partial charge on any atom is -0.523 e. The Morgan fingerprint density at radius 3 is 1.08 bits per heavy atom. The first kappa shape index (κ1) is 16.1. The van der Waals surface area contributed by atoms with Gasteiger partial charge in [-0.05, 0) is 16.1 Å². The summed E-state index contributed by atoms with van der Waals surface area (Å²) in [6.07, 6.45) is 0. The molecule has 0 N–H and O–H groups in total. The second-order valence-corrected chi connectivity index (χ2v) is 15.4. The van der Waals surface area contributed by atoms with Gasteiger partial charge in [-0.2, -0.15) is 0 Å². The molecule has 0 heterocycles. The van der Waals surface area contributed by atoms with Crippen LogP contribution in [-0.4, -0.2) is 16.1 Å². The van der Waals surface area contributed by atoms with E-state index in [9.17, 15) is 0 Å². The van der Waals surface area contributed by atoms with Gasteiger partial charge in [-0.25, -0.2) is 0 Å². The number of hydrogen-bond donors (Lipinski definition) is 0. The Bertz CT molecular complexity index is 168. The van der Waals surface area contributed by atoms with Crippen molar-refractivity contribution in [3.8, 4) is 11.8 Å². The molecule has 72 valence electrons. The van der Waals surface area contributed by atoms with Crippen molar-refractivity contribution in [2.75, 3.05) is 0 Å². The normalized spacial score (nSPS) is 10.6. The van der Waals surface area contributed by atoms with Crippen LogP contribution in [-0.2, 0) is 26.2 Å². The van der Waals surface area contributed by atoms with Crippen LogP contribution in [0.15, 0.2) is 0 Å². The number of rotatable bonds is 2. The van der Waals surface area contributed by atoms with Crippen LogP contribution in [0.3, 0.4) is 0 Å². The Hall–Kier alpha value is 0.617. The molecule has 13 heavy (non-hydrogen) atoms. The van der Waals surface area contributed by atoms with Gasteiger partial charge in [0.25, 0.3) is 0 Å². The van der Waals surface area contributed by atoms with Gasteiger partial charge in [0.1, 0.15) is 0 Å². The molecule has 3 heteroatoms. The average molecular weight is 288 g/mol. The molecule has 0 aromatic rings. The zero-order chi connectivity index (χ0) is 9.83. The molecule has 0 rings (SSSR count). The summed E-state index contributed by atoms with van der Waals surface area (Å²) in [5.41, 5.74) is 0. The fraction of sp³-hybridized carbons (Fsp3) is 0.600. The van der Waals surface area contributed by atoms with Crippen molar-refractivity contribution < 1.29 is 26.2 Å². The van der Waals surface area contributed by atoms with Crippen LogP contribution in [0.1, 0.15) is 0 Å². The smallest absolute Gasteiger partial charge is 0.523 e. The topological polar surface area (TPSA) is 0 Å². The summed E-state index contributed by atoms with van der Waals surface area (Å²) < 4.78 is 0. The maximum Gasteiger partial charge on any atom is 2.00 e. The minimum absolute atomic E-state index is 0. The third kappa shape index (κ3) is 15.4. The van der Waals surface area contributed by atoms with E-state index in [2.05, 4.69) is 63.2 Å². The molecule has 0 bridgehead atoms. The molecule has 0 amide bonds. The van der Waals surface area contributed by atoms with Crippen LogP contribution < -0.4 is 0 Å². The SMILES string of the molecule is C[Si](C)(C)[CH-]C#C[CH-][Si](C)(C)C.[Zr+2]. The van der Waals surface area contributed by atoms with E-state index in [0.717, 1.165) is 0 Å². The first-order valence-electron chi connectivity index (χ1n) is 4.40. The second-order valence-electron chi connectivity index (χ2n) is 5.31. The molecule has 0 atom stereocenters. The zero-order valence-corrected chi connectivity index (χ0v) is 14.1. The summed E-state index contributed by atoms with van der Waals surface area (Å²) in [6, 6.07) is 4.40. The molecular weight excluding hydrogens is 268 g/mol. The third-order valence-electron chi connectivity index (χ3n) is 1.09. The van der Waals surface area contributed by atoms with Crippen molar-refractivity contribution in [2.45, 2.75) is 39.3 Å². The van der Waals surface area contributed by atoms with Crippen molar-refractivity contribution in [1.82, 2.24) is 0 Å². The Morgan fingerprint density at radius 2 is 0.923 bits per heavy atom. The van der Waals surface area contributed by atoms with Crippen LogP contribution in [0.25, 0.3) is 0 Å². The first-order valence-corrected chi connectivity index (χ1v) is 11.6. The molecule has 0 nitrogen and oxygen atoms in total. The molecule has 0 aliphatic rings. The summed E-state index contributed by atoms with van der Waals surface area (Å²) in [5, 5.41) is 0.